The van der Waals surface area contributed by atoms with E-state index >= 15 is 0 Å². The Morgan fingerprint density at radius 2 is 1.80 bits per heavy atom. The third-order valence-corrected chi connectivity index (χ3v) is 2.63. The van der Waals surface area contributed by atoms with Gasteiger partial charge in [-0.3, -0.25) is 0 Å². The first-order chi connectivity index (χ1) is 7.34. The van der Waals surface area contributed by atoms with Crippen molar-refractivity contribution >= 4 is 0 Å². The molecule has 0 spiro atoms. The van der Waals surface area contributed by atoms with Gasteiger partial charge < -0.3 is 9.84 Å². The number of ether oxygens (including phenoxy) is 1. The summed E-state index contributed by atoms with van der Waals surface area (Å²) in [4.78, 5) is 0. The molecule has 1 N–H and O–H groups in total. The van der Waals surface area contributed by atoms with Crippen molar-refractivity contribution in [3.63, 3.8) is 0 Å². The highest BCUT2D eigenvalue weighted by atomic mass is 16.5. The van der Waals surface area contributed by atoms with E-state index in [0.717, 1.165) is 17.7 Å². The van der Waals surface area contributed by atoms with Gasteiger partial charge in [0.25, 0.3) is 0 Å². The van der Waals surface area contributed by atoms with Crippen LogP contribution in [0.1, 0.15) is 11.1 Å². The number of benzene rings is 2. The zero-order chi connectivity index (χ0) is 10.3. The molecule has 2 aliphatic rings. The maximum absolute atomic E-state index is 9.50. The van der Waals surface area contributed by atoms with Crippen molar-refractivity contribution in [2.75, 3.05) is 0 Å². The minimum atomic E-state index is 0.232. The molecule has 0 saturated heterocycles. The topological polar surface area (TPSA) is 29.5 Å². The fraction of sp³-hybridized carbons (Fsp3) is 0.0769. The number of fused-ring (bicyclic) bond motifs is 2. The molecule has 0 unspecified atom stereocenters. The van der Waals surface area contributed by atoms with Crippen LogP contribution in [0.5, 0.6) is 17.2 Å². The van der Waals surface area contributed by atoms with Crippen LogP contribution in [0.4, 0.5) is 0 Å². The van der Waals surface area contributed by atoms with Crippen LogP contribution in [0.25, 0.3) is 0 Å². The summed E-state index contributed by atoms with van der Waals surface area (Å²) in [6.45, 7) is 0. The summed E-state index contributed by atoms with van der Waals surface area (Å²) < 4.78 is 5.29. The number of hydrogen-bond acceptors (Lipinski definition) is 2. The maximum Gasteiger partial charge on any atom is 0.176 e. The van der Waals surface area contributed by atoms with Gasteiger partial charge in [-0.1, -0.05) is 30.3 Å². The summed E-state index contributed by atoms with van der Waals surface area (Å²) in [5.41, 5.74) is 2.33. The first kappa shape index (κ1) is 8.36. The summed E-state index contributed by atoms with van der Waals surface area (Å²) in [5, 5.41) is 9.50. The average Bonchev–Trinajstić information content (AvgIpc) is 2.27. The number of hydrogen-bond donors (Lipinski definition) is 1. The standard InChI is InChI=1S/C13H10O2/c14-11-6-7-12-10(13(11)15-12)8-9-4-2-1-3-5-9/h1-7,14H,8H2. The second-order valence-corrected chi connectivity index (χ2v) is 3.65. The Labute approximate surface area is 87.8 Å². The molecule has 0 saturated carbocycles. The average molecular weight is 198 g/mol. The first-order valence-electron chi connectivity index (χ1n) is 4.91. The van der Waals surface area contributed by atoms with Gasteiger partial charge in [0.2, 0.25) is 0 Å². The molecule has 0 radical (unpaired) electrons. The van der Waals surface area contributed by atoms with Crippen LogP contribution in [0.2, 0.25) is 0 Å². The van der Waals surface area contributed by atoms with E-state index in [2.05, 4.69) is 12.1 Å². The lowest BCUT2D eigenvalue weighted by Crippen LogP contribution is -2.05. The molecule has 0 fully saturated rings. The third-order valence-electron chi connectivity index (χ3n) is 2.63. The lowest BCUT2D eigenvalue weighted by atomic mass is 9.99. The zero-order valence-corrected chi connectivity index (χ0v) is 8.10. The highest BCUT2D eigenvalue weighted by Gasteiger charge is 2.25. The van der Waals surface area contributed by atoms with Crippen LogP contribution in [0.3, 0.4) is 0 Å². The van der Waals surface area contributed by atoms with Gasteiger partial charge in [-0.05, 0) is 17.7 Å². The molecular formula is C13H10O2. The van der Waals surface area contributed by atoms with Crippen LogP contribution >= 0.6 is 0 Å². The molecule has 2 heteroatoms. The molecule has 74 valence electrons. The second kappa shape index (κ2) is 3.02. The van der Waals surface area contributed by atoms with E-state index in [9.17, 15) is 5.11 Å². The molecule has 2 aromatic rings. The summed E-state index contributed by atoms with van der Waals surface area (Å²) in [6.07, 6.45) is 0.819. The molecule has 0 atom stereocenters. The monoisotopic (exact) mass is 198 g/mol. The molecule has 2 nitrogen and oxygen atoms in total. The normalized spacial score (nSPS) is 11.7. The Morgan fingerprint density at radius 3 is 2.47 bits per heavy atom. The highest BCUT2D eigenvalue weighted by molar-refractivity contribution is 5.63. The molecular weight excluding hydrogens is 188 g/mol. The predicted molar refractivity (Wildman–Crippen MR) is 57.4 cm³/mol. The Kier molecular flexibility index (Phi) is 1.68. The van der Waals surface area contributed by atoms with E-state index in [1.54, 1.807) is 12.1 Å². The number of aromatic hydroxyl groups is 1. The molecule has 0 aliphatic carbocycles. The van der Waals surface area contributed by atoms with Crippen molar-refractivity contribution in [1.29, 1.82) is 0 Å². The van der Waals surface area contributed by atoms with Gasteiger partial charge in [0, 0.05) is 12.0 Å². The number of rotatable bonds is 2. The third kappa shape index (κ3) is 1.26. The van der Waals surface area contributed by atoms with E-state index in [0.29, 0.717) is 5.75 Å². The van der Waals surface area contributed by atoms with E-state index in [1.165, 1.54) is 5.56 Å². The second-order valence-electron chi connectivity index (χ2n) is 3.65. The Balaban J connectivity index is 1.95. The van der Waals surface area contributed by atoms with Gasteiger partial charge in [0.15, 0.2) is 11.5 Å². The smallest absolute Gasteiger partial charge is 0.176 e. The quantitative estimate of drug-likeness (QED) is 0.685. The van der Waals surface area contributed by atoms with Gasteiger partial charge in [-0.25, -0.2) is 0 Å². The zero-order valence-electron chi connectivity index (χ0n) is 8.10. The fourth-order valence-electron chi connectivity index (χ4n) is 1.84. The molecule has 2 aromatic carbocycles. The van der Waals surface area contributed by atoms with Gasteiger partial charge in [0.1, 0.15) is 5.75 Å². The Hall–Kier alpha value is -1.96. The number of phenols is 1. The van der Waals surface area contributed by atoms with Gasteiger partial charge in [-0.2, -0.15) is 0 Å². The van der Waals surface area contributed by atoms with Crippen LogP contribution in [0.15, 0.2) is 42.5 Å². The SMILES string of the molecule is Oc1ccc2c(Cc3ccccc3)c1O2. The fourth-order valence-corrected chi connectivity index (χ4v) is 1.84. The molecule has 4 rings (SSSR count). The van der Waals surface area contributed by atoms with E-state index in [4.69, 9.17) is 4.74 Å². The molecule has 2 aliphatic heterocycles. The van der Waals surface area contributed by atoms with Gasteiger partial charge >= 0.3 is 0 Å². The van der Waals surface area contributed by atoms with Crippen molar-refractivity contribution in [2.24, 2.45) is 0 Å². The molecule has 2 bridgehead atoms. The van der Waals surface area contributed by atoms with E-state index in [1.807, 2.05) is 18.2 Å². The largest absolute Gasteiger partial charge is 0.504 e. The van der Waals surface area contributed by atoms with Crippen molar-refractivity contribution < 1.29 is 9.84 Å². The molecule has 0 aromatic heterocycles. The van der Waals surface area contributed by atoms with E-state index in [-0.39, 0.29) is 5.75 Å². The van der Waals surface area contributed by atoms with Crippen molar-refractivity contribution in [2.45, 2.75) is 6.42 Å². The van der Waals surface area contributed by atoms with E-state index < -0.39 is 0 Å². The lowest BCUT2D eigenvalue weighted by molar-refractivity contribution is 0.369. The highest BCUT2D eigenvalue weighted by Crippen LogP contribution is 2.49. The summed E-state index contributed by atoms with van der Waals surface area (Å²) >= 11 is 0. The Morgan fingerprint density at radius 1 is 1.00 bits per heavy atom. The van der Waals surface area contributed by atoms with Crippen LogP contribution in [-0.2, 0) is 6.42 Å². The first-order valence-corrected chi connectivity index (χ1v) is 4.91. The minimum absolute atomic E-state index is 0.232. The summed E-state index contributed by atoms with van der Waals surface area (Å²) in [5.74, 6) is 1.75. The molecule has 15 heavy (non-hydrogen) atoms. The molecule has 2 heterocycles. The lowest BCUT2D eigenvalue weighted by Gasteiger charge is -2.24. The molecule has 0 amide bonds. The summed E-state index contributed by atoms with van der Waals surface area (Å²) in [7, 11) is 0. The van der Waals surface area contributed by atoms with Crippen LogP contribution in [0, 0.1) is 0 Å². The van der Waals surface area contributed by atoms with Crippen molar-refractivity contribution in [3.8, 4) is 17.2 Å². The Bertz CT molecular complexity index is 503. The number of phenolic OH excluding ortho intramolecular Hbond substituents is 1. The minimum Gasteiger partial charge on any atom is -0.504 e. The maximum atomic E-state index is 9.50. The van der Waals surface area contributed by atoms with Crippen molar-refractivity contribution in [3.05, 3.63) is 53.6 Å². The van der Waals surface area contributed by atoms with Crippen molar-refractivity contribution in [1.82, 2.24) is 0 Å². The van der Waals surface area contributed by atoms with Crippen LogP contribution < -0.4 is 4.74 Å². The predicted octanol–water partition coefficient (Wildman–Crippen LogP) is 3.09. The van der Waals surface area contributed by atoms with Gasteiger partial charge in [-0.15, -0.1) is 0 Å². The summed E-state index contributed by atoms with van der Waals surface area (Å²) in [6, 6.07) is 13.6. The van der Waals surface area contributed by atoms with Gasteiger partial charge in [0.05, 0.1) is 0 Å². The van der Waals surface area contributed by atoms with Crippen LogP contribution in [-0.4, -0.2) is 5.11 Å².